The van der Waals surface area contributed by atoms with Gasteiger partial charge in [-0.25, -0.2) is 0 Å². The first-order chi connectivity index (χ1) is 17.1. The van der Waals surface area contributed by atoms with E-state index in [4.69, 9.17) is 13.9 Å². The molecule has 0 radical (unpaired) electrons. The van der Waals surface area contributed by atoms with E-state index in [1.165, 1.54) is 0 Å². The maximum Gasteiger partial charge on any atom is 0.290 e. The van der Waals surface area contributed by atoms with Crippen molar-refractivity contribution in [2.45, 2.75) is 32.7 Å². The summed E-state index contributed by atoms with van der Waals surface area (Å²) in [6, 6.07) is 12.8. The highest BCUT2D eigenvalue weighted by atomic mass is 16.5. The SMILES string of the molecule is CCOc1ccc(C2c3c(oc4ccc(CC)cc4c3=O)C(=O)N2CCCN2CCOCC2)cc1. The standard InChI is InChI=1S/C28H32N2O5/c1-3-19-6-11-23-22(18-19)26(31)24-25(20-7-9-21(10-8-20)34-4-2)30(28(32)27(24)35-23)13-5-12-29-14-16-33-17-15-29/h6-11,18,25H,3-5,12-17H2,1-2H3. The molecule has 1 unspecified atom stereocenters. The molecule has 0 spiro atoms. The molecule has 2 aromatic carbocycles. The maximum absolute atomic E-state index is 13.8. The van der Waals surface area contributed by atoms with Crippen molar-refractivity contribution >= 4 is 16.9 Å². The van der Waals surface area contributed by atoms with Crippen LogP contribution in [-0.4, -0.2) is 61.7 Å². The maximum atomic E-state index is 13.8. The van der Waals surface area contributed by atoms with Gasteiger partial charge in [0.15, 0.2) is 5.43 Å². The smallest absolute Gasteiger partial charge is 0.290 e. The zero-order valence-corrected chi connectivity index (χ0v) is 20.4. The Bertz CT molecular complexity index is 1260. The van der Waals surface area contributed by atoms with Crippen LogP contribution in [-0.2, 0) is 11.2 Å². The normalized spacial score (nSPS) is 18.3. The Hall–Kier alpha value is -3.16. The van der Waals surface area contributed by atoms with Crippen molar-refractivity contribution in [3.05, 3.63) is 75.1 Å². The molecule has 1 fully saturated rings. The van der Waals surface area contributed by atoms with E-state index in [-0.39, 0.29) is 17.1 Å². The predicted molar refractivity (Wildman–Crippen MR) is 134 cm³/mol. The minimum Gasteiger partial charge on any atom is -0.494 e. The Labute approximate surface area is 205 Å². The lowest BCUT2D eigenvalue weighted by Gasteiger charge is -2.29. The van der Waals surface area contributed by atoms with Gasteiger partial charge in [0.2, 0.25) is 5.76 Å². The van der Waals surface area contributed by atoms with E-state index in [2.05, 4.69) is 11.8 Å². The number of hydrogen-bond acceptors (Lipinski definition) is 6. The lowest BCUT2D eigenvalue weighted by molar-refractivity contribution is 0.0353. The van der Waals surface area contributed by atoms with Crippen LogP contribution in [0.1, 0.15) is 53.6 Å². The molecule has 1 saturated heterocycles. The number of carbonyl (C=O) groups is 1. The van der Waals surface area contributed by atoms with Gasteiger partial charge in [-0.1, -0.05) is 25.1 Å². The molecule has 1 aromatic heterocycles. The molecule has 7 nitrogen and oxygen atoms in total. The molecular weight excluding hydrogens is 444 g/mol. The summed E-state index contributed by atoms with van der Waals surface area (Å²) in [5.41, 5.74) is 2.71. The number of fused-ring (bicyclic) bond motifs is 2. The number of aryl methyl sites for hydroxylation is 1. The van der Waals surface area contributed by atoms with E-state index in [9.17, 15) is 9.59 Å². The highest BCUT2D eigenvalue weighted by molar-refractivity contribution is 5.99. The fourth-order valence-corrected chi connectivity index (χ4v) is 5.07. The van der Waals surface area contributed by atoms with Crippen molar-refractivity contribution in [1.29, 1.82) is 0 Å². The summed E-state index contributed by atoms with van der Waals surface area (Å²) < 4.78 is 17.1. The minimum absolute atomic E-state index is 0.125. The largest absolute Gasteiger partial charge is 0.494 e. The van der Waals surface area contributed by atoms with Gasteiger partial charge < -0.3 is 18.8 Å². The number of morpholine rings is 1. The monoisotopic (exact) mass is 476 g/mol. The summed E-state index contributed by atoms with van der Waals surface area (Å²) in [5, 5.41) is 0.530. The fraction of sp³-hybridized carbons (Fsp3) is 0.429. The van der Waals surface area contributed by atoms with Gasteiger partial charge >= 0.3 is 0 Å². The molecule has 2 aliphatic rings. The van der Waals surface area contributed by atoms with Gasteiger partial charge in [0.25, 0.3) is 5.91 Å². The van der Waals surface area contributed by atoms with E-state index < -0.39 is 6.04 Å². The van der Waals surface area contributed by atoms with Gasteiger partial charge in [-0.05, 0) is 55.2 Å². The molecule has 2 aliphatic heterocycles. The average molecular weight is 477 g/mol. The van der Waals surface area contributed by atoms with Crippen LogP contribution in [0.2, 0.25) is 0 Å². The van der Waals surface area contributed by atoms with Crippen LogP contribution < -0.4 is 10.2 Å². The van der Waals surface area contributed by atoms with Crippen molar-refractivity contribution in [2.75, 3.05) is 46.0 Å². The first-order valence-electron chi connectivity index (χ1n) is 12.5. The quantitative estimate of drug-likeness (QED) is 0.489. The van der Waals surface area contributed by atoms with Gasteiger partial charge in [-0.2, -0.15) is 0 Å². The van der Waals surface area contributed by atoms with Crippen LogP contribution in [0.4, 0.5) is 0 Å². The van der Waals surface area contributed by atoms with E-state index in [1.54, 1.807) is 11.0 Å². The highest BCUT2D eigenvalue weighted by Gasteiger charge is 2.42. The Morgan fingerprint density at radius 1 is 1.00 bits per heavy atom. The van der Waals surface area contributed by atoms with E-state index in [1.807, 2.05) is 43.3 Å². The van der Waals surface area contributed by atoms with Gasteiger partial charge in [0.1, 0.15) is 11.3 Å². The van der Waals surface area contributed by atoms with Crippen LogP contribution in [0.5, 0.6) is 5.75 Å². The van der Waals surface area contributed by atoms with Gasteiger partial charge in [0.05, 0.1) is 36.8 Å². The zero-order valence-electron chi connectivity index (χ0n) is 20.4. The fourth-order valence-electron chi connectivity index (χ4n) is 5.07. The molecule has 1 atom stereocenters. The van der Waals surface area contributed by atoms with Crippen LogP contribution >= 0.6 is 0 Å². The number of carbonyl (C=O) groups excluding carboxylic acids is 1. The number of benzene rings is 2. The van der Waals surface area contributed by atoms with Crippen molar-refractivity contribution in [3.8, 4) is 5.75 Å². The molecule has 5 rings (SSSR count). The molecule has 35 heavy (non-hydrogen) atoms. The van der Waals surface area contributed by atoms with Crippen LogP contribution in [0.25, 0.3) is 11.0 Å². The molecule has 1 amide bonds. The first-order valence-corrected chi connectivity index (χ1v) is 12.5. The molecule has 3 aromatic rings. The van der Waals surface area contributed by atoms with Gasteiger partial charge in [0, 0.05) is 26.2 Å². The second-order valence-electron chi connectivity index (χ2n) is 9.07. The summed E-state index contributed by atoms with van der Waals surface area (Å²) in [5.74, 6) is 0.703. The second kappa shape index (κ2) is 10.2. The summed E-state index contributed by atoms with van der Waals surface area (Å²) >= 11 is 0. The Morgan fingerprint density at radius 3 is 2.49 bits per heavy atom. The van der Waals surface area contributed by atoms with Gasteiger partial charge in [-0.15, -0.1) is 0 Å². The lowest BCUT2D eigenvalue weighted by atomic mass is 9.97. The molecule has 0 aliphatic carbocycles. The molecule has 0 bridgehead atoms. The van der Waals surface area contributed by atoms with E-state index in [0.717, 1.165) is 62.6 Å². The van der Waals surface area contributed by atoms with Crippen molar-refractivity contribution in [3.63, 3.8) is 0 Å². The second-order valence-corrected chi connectivity index (χ2v) is 9.07. The zero-order chi connectivity index (χ0) is 24.4. The van der Waals surface area contributed by atoms with E-state index >= 15 is 0 Å². The van der Waals surface area contributed by atoms with Gasteiger partial charge in [-0.3, -0.25) is 14.5 Å². The third-order valence-electron chi connectivity index (χ3n) is 6.92. The number of nitrogens with zero attached hydrogens (tertiary/aromatic N) is 2. The minimum atomic E-state index is -0.483. The summed E-state index contributed by atoms with van der Waals surface area (Å²) in [6.45, 7) is 9.28. The van der Waals surface area contributed by atoms with E-state index in [0.29, 0.717) is 29.7 Å². The Kier molecular flexibility index (Phi) is 6.88. The first kappa shape index (κ1) is 23.6. The lowest BCUT2D eigenvalue weighted by Crippen LogP contribution is -2.38. The third kappa shape index (κ3) is 4.58. The van der Waals surface area contributed by atoms with Crippen LogP contribution in [0.15, 0.2) is 51.7 Å². The van der Waals surface area contributed by atoms with Crippen molar-refractivity contribution in [1.82, 2.24) is 9.80 Å². The topological polar surface area (TPSA) is 72.2 Å². The molecule has 184 valence electrons. The Balaban J connectivity index is 1.53. The number of amides is 1. The molecule has 7 heteroatoms. The number of ether oxygens (including phenoxy) is 2. The average Bonchev–Trinajstić information content (AvgIpc) is 3.17. The third-order valence-corrected chi connectivity index (χ3v) is 6.92. The highest BCUT2D eigenvalue weighted by Crippen LogP contribution is 2.38. The molecule has 3 heterocycles. The summed E-state index contributed by atoms with van der Waals surface area (Å²) in [7, 11) is 0. The van der Waals surface area contributed by atoms with Crippen LogP contribution in [0, 0.1) is 0 Å². The number of hydrogen-bond donors (Lipinski definition) is 0. The van der Waals surface area contributed by atoms with Crippen molar-refractivity contribution < 1.29 is 18.7 Å². The summed E-state index contributed by atoms with van der Waals surface area (Å²) in [6.07, 6.45) is 1.63. The molecular formula is C28H32N2O5. The van der Waals surface area contributed by atoms with Crippen LogP contribution in [0.3, 0.4) is 0 Å². The number of rotatable bonds is 8. The summed E-state index contributed by atoms with van der Waals surface area (Å²) in [4.78, 5) is 31.5. The van der Waals surface area contributed by atoms with Crippen molar-refractivity contribution in [2.24, 2.45) is 0 Å². The predicted octanol–water partition coefficient (Wildman–Crippen LogP) is 4.02. The Morgan fingerprint density at radius 2 is 1.77 bits per heavy atom. The molecule has 0 N–H and O–H groups in total. The molecule has 0 saturated carbocycles.